The monoisotopic (exact) mass is 641 g/mol. The van der Waals surface area contributed by atoms with Crippen LogP contribution in [0.25, 0.3) is 5.57 Å². The Hall–Kier alpha value is -2.82. The lowest BCUT2D eigenvalue weighted by atomic mass is 9.92. The van der Waals surface area contributed by atoms with Crippen molar-refractivity contribution in [2.24, 2.45) is 4.99 Å². The van der Waals surface area contributed by atoms with Crippen LogP contribution in [-0.4, -0.2) is 74.6 Å². The number of nitrogens with one attached hydrogen (secondary N) is 1. The summed E-state index contributed by atoms with van der Waals surface area (Å²) in [5.74, 6) is -0.0887. The molecule has 2 atom stereocenters. The number of thiazole rings is 1. The van der Waals surface area contributed by atoms with E-state index in [0.29, 0.717) is 45.2 Å². The van der Waals surface area contributed by atoms with Gasteiger partial charge >= 0.3 is 6.55 Å². The molecular weight excluding hydrogens is 615 g/mol. The zero-order chi connectivity index (χ0) is 29.8. The molecule has 3 aliphatic heterocycles. The lowest BCUT2D eigenvalue weighted by Crippen LogP contribution is -2.51. The Kier molecular flexibility index (Phi) is 7.68. The van der Waals surface area contributed by atoms with Gasteiger partial charge in [0.1, 0.15) is 11.9 Å². The first-order valence-electron chi connectivity index (χ1n) is 13.2. The first-order chi connectivity index (χ1) is 19.9. The molecule has 2 saturated heterocycles. The SMILES string of the molecule is CC1(O)CCN(S(=O)(=O)N[C@H]2CC3=C(c4ccn(C(F)F)n4)[C@H](c4ccc(F)cc4Cl)N=C(c4nccs4)N3C2)CC1. The highest BCUT2D eigenvalue weighted by atomic mass is 35.5. The van der Waals surface area contributed by atoms with E-state index in [0.717, 1.165) is 12.3 Å². The summed E-state index contributed by atoms with van der Waals surface area (Å²) in [4.78, 5) is 11.2. The van der Waals surface area contributed by atoms with Crippen molar-refractivity contribution in [2.45, 2.75) is 50.4 Å². The van der Waals surface area contributed by atoms with E-state index in [9.17, 15) is 26.7 Å². The smallest absolute Gasteiger partial charge is 0.333 e. The molecule has 2 fully saturated rings. The lowest BCUT2D eigenvalue weighted by Gasteiger charge is -2.35. The van der Waals surface area contributed by atoms with Crippen molar-refractivity contribution in [3.63, 3.8) is 0 Å². The van der Waals surface area contributed by atoms with Gasteiger partial charge in [-0.15, -0.1) is 11.3 Å². The van der Waals surface area contributed by atoms with Gasteiger partial charge in [0.15, 0.2) is 10.8 Å². The minimum Gasteiger partial charge on any atom is -0.390 e. The van der Waals surface area contributed by atoms with E-state index < -0.39 is 40.3 Å². The highest BCUT2D eigenvalue weighted by Crippen LogP contribution is 2.46. The Bertz CT molecular complexity index is 1650. The molecule has 0 radical (unpaired) electrons. The number of nitrogens with zero attached hydrogens (tertiary/aromatic N) is 6. The fourth-order valence-corrected chi connectivity index (χ4v) is 7.83. The predicted octanol–water partition coefficient (Wildman–Crippen LogP) is 4.20. The molecule has 2 N–H and O–H groups in total. The number of piperidine rings is 1. The summed E-state index contributed by atoms with van der Waals surface area (Å²) >= 11 is 7.83. The molecule has 0 bridgehead atoms. The molecule has 0 spiro atoms. The second kappa shape index (κ2) is 11.0. The number of benzene rings is 1. The van der Waals surface area contributed by atoms with Crippen molar-refractivity contribution >= 4 is 44.6 Å². The number of amidine groups is 1. The van der Waals surface area contributed by atoms with Crippen LogP contribution in [0.4, 0.5) is 13.2 Å². The average molecular weight is 642 g/mol. The number of alkyl halides is 2. The van der Waals surface area contributed by atoms with Crippen LogP contribution in [0.3, 0.4) is 0 Å². The van der Waals surface area contributed by atoms with Gasteiger partial charge in [0.2, 0.25) is 0 Å². The van der Waals surface area contributed by atoms with Crippen LogP contribution in [0.15, 0.2) is 52.7 Å². The number of halogens is 4. The van der Waals surface area contributed by atoms with Crippen LogP contribution in [0.5, 0.6) is 0 Å². The van der Waals surface area contributed by atoms with Crippen molar-refractivity contribution < 1.29 is 26.7 Å². The molecule has 10 nitrogen and oxygen atoms in total. The van der Waals surface area contributed by atoms with Crippen LogP contribution >= 0.6 is 22.9 Å². The van der Waals surface area contributed by atoms with E-state index in [4.69, 9.17) is 16.6 Å². The minimum absolute atomic E-state index is 0.0957. The third-order valence-corrected chi connectivity index (χ3v) is 10.5. The Morgan fingerprint density at radius 3 is 2.64 bits per heavy atom. The maximum atomic E-state index is 14.0. The minimum atomic E-state index is -3.91. The lowest BCUT2D eigenvalue weighted by molar-refractivity contribution is 0.0123. The molecule has 3 aliphatic rings. The van der Waals surface area contributed by atoms with E-state index in [-0.39, 0.29) is 36.8 Å². The zero-order valence-electron chi connectivity index (χ0n) is 22.3. The first-order valence-corrected chi connectivity index (χ1v) is 15.9. The first kappa shape index (κ1) is 29.3. The van der Waals surface area contributed by atoms with Gasteiger partial charge in [0.05, 0.1) is 11.3 Å². The fraction of sp³-hybridized carbons (Fsp3) is 0.423. The number of aliphatic imine (C=N–C) groups is 1. The topological polar surface area (TPSA) is 116 Å². The molecule has 1 aromatic carbocycles. The largest absolute Gasteiger partial charge is 0.390 e. The third kappa shape index (κ3) is 5.61. The molecular formula is C26H27ClF3N7O3S2. The van der Waals surface area contributed by atoms with E-state index in [1.807, 2.05) is 4.90 Å². The molecule has 224 valence electrons. The van der Waals surface area contributed by atoms with Crippen LogP contribution in [0.1, 0.15) is 55.0 Å². The van der Waals surface area contributed by atoms with Crippen molar-refractivity contribution in [3.8, 4) is 0 Å². The molecule has 6 rings (SSSR count). The predicted molar refractivity (Wildman–Crippen MR) is 152 cm³/mol. The quantitative estimate of drug-likeness (QED) is 0.400. The highest BCUT2D eigenvalue weighted by Gasteiger charge is 2.43. The van der Waals surface area contributed by atoms with E-state index in [1.165, 1.54) is 33.8 Å². The standard InChI is InChI=1S/C26H27ClF3N7O3S2/c1-26(38)5-9-35(10-6-26)42(39,40)34-16-13-20-21(19-4-8-37(33-19)25(29)30)22(17-3-2-15(28)12-18(17)27)32-23(36(20)14-16)24-31-7-11-41-24/h2-4,7-8,11-12,16,22,25,34,38H,5-6,9-10,13-14H2,1H3/t16-,22-/m0/s1. The molecule has 2 aromatic heterocycles. The van der Waals surface area contributed by atoms with Crippen molar-refractivity contribution in [1.82, 2.24) is 28.7 Å². The summed E-state index contributed by atoms with van der Waals surface area (Å²) in [7, 11) is -3.91. The van der Waals surface area contributed by atoms with E-state index >= 15 is 0 Å². The number of hydrogen-bond donors (Lipinski definition) is 2. The fourth-order valence-electron chi connectivity index (χ4n) is 5.53. The van der Waals surface area contributed by atoms with E-state index in [2.05, 4.69) is 14.8 Å². The second-order valence-corrected chi connectivity index (χ2v) is 13.7. The van der Waals surface area contributed by atoms with Gasteiger partial charge in [-0.3, -0.25) is 4.99 Å². The van der Waals surface area contributed by atoms with Crippen LogP contribution < -0.4 is 4.72 Å². The molecule has 0 unspecified atom stereocenters. The molecule has 42 heavy (non-hydrogen) atoms. The molecule has 5 heterocycles. The summed E-state index contributed by atoms with van der Waals surface area (Å²) in [6, 6.07) is 3.87. The number of fused-ring (bicyclic) bond motifs is 1. The number of aromatic nitrogens is 3. The number of aliphatic hydroxyl groups is 1. The van der Waals surface area contributed by atoms with Crippen LogP contribution in [0, 0.1) is 5.82 Å². The van der Waals surface area contributed by atoms with Crippen molar-refractivity contribution in [1.29, 1.82) is 0 Å². The summed E-state index contributed by atoms with van der Waals surface area (Å²) in [5, 5.41) is 16.8. The van der Waals surface area contributed by atoms with E-state index in [1.54, 1.807) is 18.5 Å². The Labute approximate surface area is 249 Å². The maximum Gasteiger partial charge on any atom is 0.333 e. The van der Waals surface area contributed by atoms with Gasteiger partial charge in [-0.1, -0.05) is 17.7 Å². The molecule has 0 aliphatic carbocycles. The van der Waals surface area contributed by atoms with Gasteiger partial charge in [-0.05, 0) is 38.0 Å². The van der Waals surface area contributed by atoms with Gasteiger partial charge < -0.3 is 10.0 Å². The molecule has 0 saturated carbocycles. The number of rotatable bonds is 7. The summed E-state index contributed by atoms with van der Waals surface area (Å²) in [5.41, 5.74) is 0.805. The number of hydrogen-bond acceptors (Lipinski definition) is 8. The summed E-state index contributed by atoms with van der Waals surface area (Å²) in [6.07, 6.45) is 3.59. The van der Waals surface area contributed by atoms with Gasteiger partial charge in [-0.2, -0.15) is 31.3 Å². The Morgan fingerprint density at radius 2 is 2.00 bits per heavy atom. The second-order valence-electron chi connectivity index (χ2n) is 10.7. The van der Waals surface area contributed by atoms with Gasteiger partial charge in [0.25, 0.3) is 10.2 Å². The Balaban J connectivity index is 1.43. The van der Waals surface area contributed by atoms with Gasteiger partial charge in [-0.25, -0.2) is 14.1 Å². The molecule has 3 aromatic rings. The summed E-state index contributed by atoms with van der Waals surface area (Å²) in [6.45, 7) is -0.642. The molecule has 0 amide bonds. The maximum absolute atomic E-state index is 14.0. The van der Waals surface area contributed by atoms with Crippen molar-refractivity contribution in [2.75, 3.05) is 19.6 Å². The third-order valence-electron chi connectivity index (χ3n) is 7.68. The zero-order valence-corrected chi connectivity index (χ0v) is 24.7. The van der Waals surface area contributed by atoms with Crippen LogP contribution in [0.2, 0.25) is 5.02 Å². The average Bonchev–Trinajstić information content (AvgIpc) is 3.68. The summed E-state index contributed by atoms with van der Waals surface area (Å²) < 4.78 is 72.5. The Morgan fingerprint density at radius 1 is 1.24 bits per heavy atom. The van der Waals surface area contributed by atoms with Crippen LogP contribution in [-0.2, 0) is 10.2 Å². The molecule has 16 heteroatoms. The van der Waals surface area contributed by atoms with Crippen molar-refractivity contribution in [3.05, 3.63) is 74.8 Å². The van der Waals surface area contributed by atoms with Gasteiger partial charge in [0, 0.05) is 71.7 Å². The normalized spacial score (nSPS) is 23.0. The highest BCUT2D eigenvalue weighted by molar-refractivity contribution is 7.87.